The van der Waals surface area contributed by atoms with Crippen LogP contribution in [0.25, 0.3) is 16.9 Å². The van der Waals surface area contributed by atoms with Gasteiger partial charge in [0, 0.05) is 30.7 Å². The lowest BCUT2D eigenvalue weighted by Gasteiger charge is -2.12. The van der Waals surface area contributed by atoms with Crippen LogP contribution in [0.4, 0.5) is 5.69 Å². The predicted octanol–water partition coefficient (Wildman–Crippen LogP) is 3.64. The minimum absolute atomic E-state index is 0.0301. The molecule has 0 aliphatic heterocycles. The van der Waals surface area contributed by atoms with Crippen molar-refractivity contribution < 1.29 is 13.2 Å². The minimum Gasteiger partial charge on any atom is -0.495 e. The Labute approximate surface area is 175 Å². The van der Waals surface area contributed by atoms with Crippen molar-refractivity contribution in [3.8, 4) is 17.0 Å². The lowest BCUT2D eigenvalue weighted by atomic mass is 10.1. The van der Waals surface area contributed by atoms with E-state index in [0.717, 1.165) is 22.5 Å². The van der Waals surface area contributed by atoms with Crippen LogP contribution >= 0.6 is 0 Å². The molecule has 1 N–H and O–H groups in total. The summed E-state index contributed by atoms with van der Waals surface area (Å²) in [7, 11) is -2.38. The number of pyridine rings is 1. The Morgan fingerprint density at radius 3 is 2.60 bits per heavy atom. The van der Waals surface area contributed by atoms with E-state index in [1.165, 1.54) is 13.3 Å². The highest BCUT2D eigenvalue weighted by Gasteiger charge is 2.21. The molecule has 0 unspecified atom stereocenters. The Balaban J connectivity index is 1.73. The average Bonchev–Trinajstić information content (AvgIpc) is 3.30. The second-order valence-corrected chi connectivity index (χ2v) is 8.66. The Bertz CT molecular complexity index is 1340. The molecule has 0 atom stereocenters. The van der Waals surface area contributed by atoms with E-state index in [1.807, 2.05) is 48.8 Å². The van der Waals surface area contributed by atoms with Gasteiger partial charge in [0.15, 0.2) is 5.03 Å². The van der Waals surface area contributed by atoms with Gasteiger partial charge in [-0.25, -0.2) is 9.97 Å². The first kappa shape index (κ1) is 20.0. The van der Waals surface area contributed by atoms with Gasteiger partial charge in [0.25, 0.3) is 10.0 Å². The number of nitrogens with zero attached hydrogens (tertiary/aromatic N) is 4. The van der Waals surface area contributed by atoms with E-state index in [1.54, 1.807) is 23.6 Å². The second-order valence-electron chi connectivity index (χ2n) is 7.03. The molecule has 0 saturated heterocycles. The van der Waals surface area contributed by atoms with Crippen LogP contribution in [-0.4, -0.2) is 34.5 Å². The zero-order chi connectivity index (χ0) is 21.5. The molecule has 0 aliphatic rings. The molecule has 0 bridgehead atoms. The number of benzene rings is 1. The van der Waals surface area contributed by atoms with E-state index in [4.69, 9.17) is 4.74 Å². The molecule has 156 valence electrons. The first-order valence-corrected chi connectivity index (χ1v) is 11.0. The summed E-state index contributed by atoms with van der Waals surface area (Å²) in [5.74, 6) is 1.05. The number of hydrogen-bond acceptors (Lipinski definition) is 5. The monoisotopic (exact) mass is 425 g/mol. The summed E-state index contributed by atoms with van der Waals surface area (Å²) in [6, 6.07) is 9.28. The summed E-state index contributed by atoms with van der Waals surface area (Å²) in [6.45, 7) is 6.35. The Hall–Kier alpha value is -3.33. The number of sulfonamides is 1. The number of nitrogens with one attached hydrogen (secondary N) is 1. The van der Waals surface area contributed by atoms with Crippen molar-refractivity contribution in [1.29, 1.82) is 0 Å². The highest BCUT2D eigenvalue weighted by molar-refractivity contribution is 7.92. The van der Waals surface area contributed by atoms with E-state index in [9.17, 15) is 8.42 Å². The Morgan fingerprint density at radius 2 is 1.90 bits per heavy atom. The molecule has 3 aromatic heterocycles. The van der Waals surface area contributed by atoms with E-state index >= 15 is 0 Å². The largest absolute Gasteiger partial charge is 0.495 e. The predicted molar refractivity (Wildman–Crippen MR) is 115 cm³/mol. The van der Waals surface area contributed by atoms with Gasteiger partial charge in [0.1, 0.15) is 17.2 Å². The van der Waals surface area contributed by atoms with Gasteiger partial charge in [-0.05, 0) is 56.7 Å². The second kappa shape index (κ2) is 7.49. The van der Waals surface area contributed by atoms with Crippen molar-refractivity contribution in [3.63, 3.8) is 0 Å². The van der Waals surface area contributed by atoms with Crippen LogP contribution in [0.3, 0.4) is 0 Å². The fourth-order valence-corrected chi connectivity index (χ4v) is 4.37. The van der Waals surface area contributed by atoms with Gasteiger partial charge in [0.2, 0.25) is 0 Å². The number of anilines is 1. The first-order chi connectivity index (χ1) is 14.3. The third kappa shape index (κ3) is 3.63. The molecule has 0 amide bonds. The Kier molecular flexibility index (Phi) is 4.98. The van der Waals surface area contributed by atoms with E-state index < -0.39 is 10.0 Å². The summed E-state index contributed by atoms with van der Waals surface area (Å²) in [6.07, 6.45) is 5.38. The maximum absolute atomic E-state index is 12.9. The minimum atomic E-state index is -3.87. The van der Waals surface area contributed by atoms with E-state index in [0.29, 0.717) is 23.8 Å². The van der Waals surface area contributed by atoms with Crippen LogP contribution in [0.1, 0.15) is 18.3 Å². The molecule has 0 saturated carbocycles. The number of rotatable bonds is 6. The molecule has 8 nitrogen and oxygen atoms in total. The molecule has 0 radical (unpaired) electrons. The zero-order valence-corrected chi connectivity index (χ0v) is 18.1. The maximum atomic E-state index is 12.9. The number of ether oxygens (including phenoxy) is 1. The van der Waals surface area contributed by atoms with Crippen LogP contribution in [0.5, 0.6) is 5.75 Å². The topological polar surface area (TPSA) is 90.5 Å². The van der Waals surface area contributed by atoms with Gasteiger partial charge >= 0.3 is 0 Å². The molecule has 9 heteroatoms. The summed E-state index contributed by atoms with van der Waals surface area (Å²) >= 11 is 0. The van der Waals surface area contributed by atoms with Gasteiger partial charge in [-0.15, -0.1) is 0 Å². The summed E-state index contributed by atoms with van der Waals surface area (Å²) in [5.41, 5.74) is 3.76. The van der Waals surface area contributed by atoms with Gasteiger partial charge < -0.3 is 13.7 Å². The number of imidazole rings is 2. The maximum Gasteiger partial charge on any atom is 0.281 e. The van der Waals surface area contributed by atoms with Crippen molar-refractivity contribution in [2.24, 2.45) is 0 Å². The summed E-state index contributed by atoms with van der Waals surface area (Å²) in [4.78, 5) is 8.83. The molecular weight excluding hydrogens is 402 g/mol. The fraction of sp³-hybridized carbons (Fsp3) is 0.238. The molecule has 0 aliphatic carbocycles. The van der Waals surface area contributed by atoms with Crippen molar-refractivity contribution >= 4 is 21.4 Å². The average molecular weight is 426 g/mol. The molecule has 0 fully saturated rings. The van der Waals surface area contributed by atoms with Crippen molar-refractivity contribution in [3.05, 3.63) is 60.3 Å². The number of aryl methyl sites for hydroxylation is 3. The molecule has 0 spiro atoms. The first-order valence-electron chi connectivity index (χ1n) is 9.51. The quantitative estimate of drug-likeness (QED) is 0.509. The van der Waals surface area contributed by atoms with E-state index in [2.05, 4.69) is 14.7 Å². The molecule has 30 heavy (non-hydrogen) atoms. The third-order valence-corrected chi connectivity index (χ3v) is 6.16. The number of aromatic nitrogens is 4. The smallest absolute Gasteiger partial charge is 0.281 e. The van der Waals surface area contributed by atoms with Crippen molar-refractivity contribution in [1.82, 2.24) is 18.9 Å². The normalized spacial score (nSPS) is 11.7. The number of hydrogen-bond donors (Lipinski definition) is 1. The Morgan fingerprint density at radius 1 is 1.10 bits per heavy atom. The molecule has 4 aromatic rings. The molecule has 4 rings (SSSR count). The van der Waals surface area contributed by atoms with Crippen molar-refractivity contribution in [2.45, 2.75) is 32.3 Å². The highest BCUT2D eigenvalue weighted by Crippen LogP contribution is 2.32. The van der Waals surface area contributed by atoms with Gasteiger partial charge in [-0.2, -0.15) is 8.42 Å². The van der Waals surface area contributed by atoms with Gasteiger partial charge in [-0.3, -0.25) is 4.72 Å². The van der Waals surface area contributed by atoms with Gasteiger partial charge in [-0.1, -0.05) is 0 Å². The van der Waals surface area contributed by atoms with Crippen LogP contribution in [0.2, 0.25) is 0 Å². The standard InChI is InChI=1S/C21H23N5O3S/c1-5-25-13-21(22-15(25)3)30(27,28)24-17-11-16(6-7-19(17)29-4)18-12-26-9-8-14(2)10-20(26)23-18/h6-13,24H,5H2,1-4H3. The van der Waals surface area contributed by atoms with Crippen molar-refractivity contribution in [2.75, 3.05) is 11.8 Å². The lowest BCUT2D eigenvalue weighted by Crippen LogP contribution is -2.14. The molecule has 3 heterocycles. The van der Waals surface area contributed by atoms with Gasteiger partial charge in [0.05, 0.1) is 18.5 Å². The fourth-order valence-electron chi connectivity index (χ4n) is 3.30. The zero-order valence-electron chi connectivity index (χ0n) is 17.2. The molecule has 1 aromatic carbocycles. The SMILES string of the molecule is CCn1cc(S(=O)(=O)Nc2cc(-c3cn4ccc(C)cc4n3)ccc2OC)nc1C. The van der Waals surface area contributed by atoms with Crippen LogP contribution in [0, 0.1) is 13.8 Å². The van der Waals surface area contributed by atoms with Crippen LogP contribution in [-0.2, 0) is 16.6 Å². The molecular formula is C21H23N5O3S. The number of fused-ring (bicyclic) bond motifs is 1. The third-order valence-electron chi connectivity index (χ3n) is 4.93. The van der Waals surface area contributed by atoms with E-state index in [-0.39, 0.29) is 5.03 Å². The number of methoxy groups -OCH3 is 1. The summed E-state index contributed by atoms with van der Waals surface area (Å²) < 4.78 is 37.5. The van der Waals surface area contributed by atoms with Crippen LogP contribution in [0.15, 0.2) is 53.9 Å². The lowest BCUT2D eigenvalue weighted by molar-refractivity contribution is 0.417. The summed E-state index contributed by atoms with van der Waals surface area (Å²) in [5, 5.41) is -0.0301. The highest BCUT2D eigenvalue weighted by atomic mass is 32.2. The van der Waals surface area contributed by atoms with Crippen LogP contribution < -0.4 is 9.46 Å².